The van der Waals surface area contributed by atoms with Crippen LogP contribution >= 0.6 is 0 Å². The molecule has 0 saturated heterocycles. The van der Waals surface area contributed by atoms with Crippen molar-refractivity contribution in [2.24, 2.45) is 0 Å². The molecule has 1 rings (SSSR count). The molecule has 2 atom stereocenters. The third-order valence-electron chi connectivity index (χ3n) is 5.39. The molecular weight excluding hydrogens is 368 g/mol. The summed E-state index contributed by atoms with van der Waals surface area (Å²) in [6, 6.07) is 10.1. The Kier molecular flexibility index (Phi) is 9.61. The second-order valence-corrected chi connectivity index (χ2v) is 13.5. The molecule has 4 nitrogen and oxygen atoms in total. The Balaban J connectivity index is 2.89. The molecule has 0 fully saturated rings. The summed E-state index contributed by atoms with van der Waals surface area (Å²) in [6.07, 6.45) is 2.32. The molecule has 0 aliphatic heterocycles. The van der Waals surface area contributed by atoms with Gasteiger partial charge < -0.3 is 13.9 Å². The zero-order valence-electron chi connectivity index (χ0n) is 18.9. The third-order valence-corrected chi connectivity index (χ3v) is 9.89. The van der Waals surface area contributed by atoms with E-state index in [9.17, 15) is 4.79 Å². The van der Waals surface area contributed by atoms with Crippen molar-refractivity contribution in [1.29, 1.82) is 0 Å². The number of ether oxygens (including phenoxy) is 2. The summed E-state index contributed by atoms with van der Waals surface area (Å²) >= 11 is 0. The van der Waals surface area contributed by atoms with Crippen LogP contribution in [0.25, 0.3) is 0 Å². The van der Waals surface area contributed by atoms with E-state index in [-0.39, 0.29) is 23.2 Å². The average molecular weight is 407 g/mol. The Morgan fingerprint density at radius 1 is 1.18 bits per heavy atom. The minimum atomic E-state index is -1.98. The minimum Gasteiger partial charge on any atom is -0.463 e. The monoisotopic (exact) mass is 406 g/mol. The molecule has 0 spiro atoms. The number of rotatable bonds is 10. The van der Waals surface area contributed by atoms with Gasteiger partial charge in [-0.3, -0.25) is 0 Å². The first-order chi connectivity index (χ1) is 13.0. The Morgan fingerprint density at radius 2 is 1.79 bits per heavy atom. The first-order valence-corrected chi connectivity index (χ1v) is 13.1. The van der Waals surface area contributed by atoms with Crippen molar-refractivity contribution in [2.45, 2.75) is 84.9 Å². The van der Waals surface area contributed by atoms with Gasteiger partial charge in [0.1, 0.15) is 0 Å². The number of hydrogen-bond acceptors (Lipinski definition) is 4. The number of carbonyl (C=O) groups is 1. The maximum absolute atomic E-state index is 11.9. The summed E-state index contributed by atoms with van der Waals surface area (Å²) in [4.78, 5) is 11.9. The largest absolute Gasteiger partial charge is 0.463 e. The van der Waals surface area contributed by atoms with Crippen LogP contribution in [0.5, 0.6) is 0 Å². The van der Waals surface area contributed by atoms with Gasteiger partial charge in [-0.2, -0.15) is 0 Å². The van der Waals surface area contributed by atoms with Gasteiger partial charge in [-0.15, -0.1) is 0 Å². The van der Waals surface area contributed by atoms with Crippen LogP contribution in [-0.2, 0) is 25.3 Å². The number of carbonyl (C=O) groups excluding carboxylic acids is 1. The molecule has 0 aliphatic rings. The van der Waals surface area contributed by atoms with Crippen molar-refractivity contribution >= 4 is 14.3 Å². The van der Waals surface area contributed by atoms with E-state index in [1.54, 1.807) is 6.92 Å². The highest BCUT2D eigenvalue weighted by molar-refractivity contribution is 6.74. The fourth-order valence-electron chi connectivity index (χ4n) is 2.42. The molecule has 158 valence electrons. The van der Waals surface area contributed by atoms with Crippen LogP contribution in [0.3, 0.4) is 0 Å². The molecule has 0 amide bonds. The predicted molar refractivity (Wildman–Crippen MR) is 118 cm³/mol. The Bertz CT molecular complexity index is 632. The average Bonchev–Trinajstić information content (AvgIpc) is 2.62. The van der Waals surface area contributed by atoms with E-state index < -0.39 is 8.32 Å². The maximum Gasteiger partial charge on any atom is 0.333 e. The molecule has 1 aromatic rings. The highest BCUT2D eigenvalue weighted by atomic mass is 28.4. The van der Waals surface area contributed by atoms with E-state index in [1.165, 1.54) is 0 Å². The van der Waals surface area contributed by atoms with Crippen molar-refractivity contribution in [3.63, 3.8) is 0 Å². The van der Waals surface area contributed by atoms with Gasteiger partial charge in [-0.25, -0.2) is 4.79 Å². The van der Waals surface area contributed by atoms with Gasteiger partial charge in [0.05, 0.1) is 25.4 Å². The SMILES string of the molecule is CCOC(=O)/C(C)=C/C[C@H](O[Si](C)(C)C(C)(C)C)[C@H](C)OCc1ccccc1. The molecule has 0 radical (unpaired) electrons. The molecule has 0 heterocycles. The standard InChI is InChI=1S/C23H38O4Si/c1-9-25-22(24)18(2)15-16-21(27-28(7,8)23(4,5)6)19(3)26-17-20-13-11-10-12-14-20/h10-15,19,21H,9,16-17H2,1-8H3/b18-15+/t19-,21-/m0/s1. The number of hydrogen-bond donors (Lipinski definition) is 0. The lowest BCUT2D eigenvalue weighted by atomic mass is 10.1. The van der Waals surface area contributed by atoms with Crippen LogP contribution in [0, 0.1) is 0 Å². The molecule has 1 aromatic carbocycles. The van der Waals surface area contributed by atoms with Gasteiger partial charge >= 0.3 is 5.97 Å². The van der Waals surface area contributed by atoms with Gasteiger partial charge in [0, 0.05) is 5.57 Å². The quantitative estimate of drug-likeness (QED) is 0.276. The second-order valence-electron chi connectivity index (χ2n) is 8.76. The van der Waals surface area contributed by atoms with E-state index in [1.807, 2.05) is 38.1 Å². The zero-order valence-corrected chi connectivity index (χ0v) is 19.9. The predicted octanol–water partition coefficient (Wildman–Crippen LogP) is 5.88. The summed E-state index contributed by atoms with van der Waals surface area (Å²) in [7, 11) is -1.98. The molecular formula is C23H38O4Si. The van der Waals surface area contributed by atoms with Crippen LogP contribution in [0.15, 0.2) is 42.0 Å². The fraction of sp³-hybridized carbons (Fsp3) is 0.609. The summed E-state index contributed by atoms with van der Waals surface area (Å²) in [5.74, 6) is -0.272. The molecule has 5 heteroatoms. The smallest absolute Gasteiger partial charge is 0.333 e. The Labute approximate surface area is 172 Å². The topological polar surface area (TPSA) is 44.8 Å². The second kappa shape index (κ2) is 10.9. The molecule has 0 aromatic heterocycles. The van der Waals surface area contributed by atoms with Gasteiger partial charge in [-0.1, -0.05) is 57.2 Å². The van der Waals surface area contributed by atoms with Crippen molar-refractivity contribution in [2.75, 3.05) is 6.61 Å². The normalized spacial score (nSPS) is 15.2. The van der Waals surface area contributed by atoms with Gasteiger partial charge in [0.15, 0.2) is 8.32 Å². The van der Waals surface area contributed by atoms with E-state index in [2.05, 4.69) is 46.0 Å². The summed E-state index contributed by atoms with van der Waals surface area (Å²) < 4.78 is 17.9. The van der Waals surface area contributed by atoms with Crippen LogP contribution in [0.4, 0.5) is 0 Å². The molecule has 28 heavy (non-hydrogen) atoms. The molecule has 0 unspecified atom stereocenters. The van der Waals surface area contributed by atoms with Crippen molar-refractivity contribution < 1.29 is 18.7 Å². The molecule has 0 saturated carbocycles. The minimum absolute atomic E-state index is 0.0967. The van der Waals surface area contributed by atoms with E-state index >= 15 is 0 Å². The van der Waals surface area contributed by atoms with Crippen LogP contribution in [0.1, 0.15) is 53.5 Å². The first-order valence-electron chi connectivity index (χ1n) is 10.1. The summed E-state index contributed by atoms with van der Waals surface area (Å²) in [5.41, 5.74) is 1.75. The van der Waals surface area contributed by atoms with E-state index in [0.717, 1.165) is 5.56 Å². The van der Waals surface area contributed by atoms with Crippen molar-refractivity contribution in [1.82, 2.24) is 0 Å². The Hall–Kier alpha value is -1.43. The lowest BCUT2D eigenvalue weighted by molar-refractivity contribution is -0.138. The van der Waals surface area contributed by atoms with Crippen LogP contribution in [-0.4, -0.2) is 33.1 Å². The number of benzene rings is 1. The van der Waals surface area contributed by atoms with Crippen LogP contribution < -0.4 is 0 Å². The van der Waals surface area contributed by atoms with E-state index in [0.29, 0.717) is 25.2 Å². The molecule has 0 N–H and O–H groups in total. The van der Waals surface area contributed by atoms with Gasteiger partial charge in [0.25, 0.3) is 0 Å². The van der Waals surface area contributed by atoms with Crippen molar-refractivity contribution in [3.8, 4) is 0 Å². The highest BCUT2D eigenvalue weighted by Gasteiger charge is 2.40. The van der Waals surface area contributed by atoms with Crippen molar-refractivity contribution in [3.05, 3.63) is 47.5 Å². The molecule has 0 aliphatic carbocycles. The summed E-state index contributed by atoms with van der Waals surface area (Å²) in [6.45, 7) is 17.7. The first kappa shape index (κ1) is 24.6. The molecule has 0 bridgehead atoms. The summed E-state index contributed by atoms with van der Waals surface area (Å²) in [5, 5.41) is 0.101. The highest BCUT2D eigenvalue weighted by Crippen LogP contribution is 2.38. The Morgan fingerprint density at radius 3 is 2.32 bits per heavy atom. The van der Waals surface area contributed by atoms with Gasteiger partial charge in [-0.05, 0) is 50.9 Å². The lowest BCUT2D eigenvalue weighted by Gasteiger charge is -2.40. The van der Waals surface area contributed by atoms with Crippen LogP contribution in [0.2, 0.25) is 18.1 Å². The van der Waals surface area contributed by atoms with Gasteiger partial charge in [0.2, 0.25) is 0 Å². The zero-order chi connectivity index (χ0) is 21.4. The number of esters is 1. The van der Waals surface area contributed by atoms with E-state index in [4.69, 9.17) is 13.9 Å². The maximum atomic E-state index is 11.9. The fourth-order valence-corrected chi connectivity index (χ4v) is 3.82. The lowest BCUT2D eigenvalue weighted by Crippen LogP contribution is -2.47. The third kappa shape index (κ3) is 7.90.